The first-order valence-electron chi connectivity index (χ1n) is 4.39. The lowest BCUT2D eigenvalue weighted by molar-refractivity contribution is 0.0690. The maximum atomic E-state index is 10.8. The van der Waals surface area contributed by atoms with Crippen LogP contribution in [0, 0.1) is 5.92 Å². The van der Waals surface area contributed by atoms with Crippen molar-refractivity contribution in [1.82, 2.24) is 4.37 Å². The fraction of sp³-hybridized carbons (Fsp3) is 0.556. The highest BCUT2D eigenvalue weighted by Crippen LogP contribution is 2.30. The van der Waals surface area contributed by atoms with Crippen LogP contribution in [0.2, 0.25) is 0 Å². The molecule has 1 N–H and O–H groups in total. The Hall–Kier alpha value is -0.900. The van der Waals surface area contributed by atoms with Gasteiger partial charge in [0.1, 0.15) is 0 Å². The lowest BCUT2D eigenvalue weighted by Gasteiger charge is -2.17. The van der Waals surface area contributed by atoms with Crippen LogP contribution in [-0.2, 0) is 12.8 Å². The van der Waals surface area contributed by atoms with Gasteiger partial charge in [0, 0.05) is 10.4 Å². The van der Waals surface area contributed by atoms with Gasteiger partial charge in [-0.3, -0.25) is 0 Å². The van der Waals surface area contributed by atoms with E-state index in [2.05, 4.69) is 11.3 Å². The highest BCUT2D eigenvalue weighted by atomic mass is 32.1. The number of hydrogen-bond acceptors (Lipinski definition) is 3. The van der Waals surface area contributed by atoms with E-state index < -0.39 is 5.97 Å². The number of carboxylic acid groups (broad SMARTS) is 1. The van der Waals surface area contributed by atoms with E-state index in [1.807, 2.05) is 0 Å². The number of carbonyl (C=O) groups is 1. The number of aromatic nitrogens is 1. The zero-order chi connectivity index (χ0) is 9.42. The Bertz CT molecular complexity index is 345. The molecule has 0 radical (unpaired) electrons. The molecule has 1 atom stereocenters. The van der Waals surface area contributed by atoms with Gasteiger partial charge in [-0.15, -0.1) is 0 Å². The van der Waals surface area contributed by atoms with Crippen molar-refractivity contribution in [2.24, 2.45) is 5.92 Å². The SMILES string of the molecule is CC1CCc2snc(C(=O)O)c2C1. The molecule has 1 aromatic heterocycles. The normalized spacial score (nSPS) is 21.2. The van der Waals surface area contributed by atoms with Gasteiger partial charge in [-0.1, -0.05) is 6.92 Å². The molecule has 1 unspecified atom stereocenters. The molecule has 1 aliphatic carbocycles. The van der Waals surface area contributed by atoms with E-state index in [0.29, 0.717) is 5.92 Å². The molecular formula is C9H11NO2S. The maximum absolute atomic E-state index is 10.8. The Morgan fingerprint density at radius 2 is 2.46 bits per heavy atom. The minimum absolute atomic E-state index is 0.284. The molecule has 0 spiro atoms. The highest BCUT2D eigenvalue weighted by molar-refractivity contribution is 7.06. The summed E-state index contributed by atoms with van der Waals surface area (Å²) < 4.78 is 3.97. The number of aryl methyl sites for hydroxylation is 1. The van der Waals surface area contributed by atoms with Crippen LogP contribution < -0.4 is 0 Å². The van der Waals surface area contributed by atoms with Crippen molar-refractivity contribution in [2.45, 2.75) is 26.2 Å². The van der Waals surface area contributed by atoms with Crippen LogP contribution in [0.1, 0.15) is 34.3 Å². The van der Waals surface area contributed by atoms with Crippen molar-refractivity contribution in [2.75, 3.05) is 0 Å². The molecule has 0 saturated carbocycles. The van der Waals surface area contributed by atoms with E-state index in [1.165, 1.54) is 16.4 Å². The third-order valence-electron chi connectivity index (χ3n) is 2.49. The second-order valence-corrected chi connectivity index (χ2v) is 4.44. The lowest BCUT2D eigenvalue weighted by atomic mass is 9.89. The van der Waals surface area contributed by atoms with Crippen LogP contribution in [-0.4, -0.2) is 15.4 Å². The van der Waals surface area contributed by atoms with E-state index in [1.54, 1.807) is 0 Å². The van der Waals surface area contributed by atoms with Gasteiger partial charge in [0.25, 0.3) is 0 Å². The predicted octanol–water partition coefficient (Wildman–Crippen LogP) is 1.97. The van der Waals surface area contributed by atoms with E-state index in [0.717, 1.165) is 24.8 Å². The zero-order valence-corrected chi connectivity index (χ0v) is 8.23. The molecular weight excluding hydrogens is 186 g/mol. The smallest absolute Gasteiger partial charge is 0.355 e. The number of carboxylic acids is 1. The van der Waals surface area contributed by atoms with Crippen molar-refractivity contribution in [3.05, 3.63) is 16.1 Å². The Morgan fingerprint density at radius 3 is 3.15 bits per heavy atom. The second-order valence-electron chi connectivity index (χ2n) is 3.59. The Labute approximate surface area is 80.6 Å². The molecule has 0 fully saturated rings. The Kier molecular flexibility index (Phi) is 2.07. The topological polar surface area (TPSA) is 50.2 Å². The van der Waals surface area contributed by atoms with Crippen molar-refractivity contribution < 1.29 is 9.90 Å². The summed E-state index contributed by atoms with van der Waals surface area (Å²) in [5.74, 6) is -0.284. The average molecular weight is 197 g/mol. The van der Waals surface area contributed by atoms with Gasteiger partial charge in [-0.2, -0.15) is 4.37 Å². The first-order chi connectivity index (χ1) is 6.18. The summed E-state index contributed by atoms with van der Waals surface area (Å²) in [6.07, 6.45) is 3.04. The summed E-state index contributed by atoms with van der Waals surface area (Å²) in [6, 6.07) is 0. The molecule has 1 heterocycles. The second kappa shape index (κ2) is 3.10. The van der Waals surface area contributed by atoms with Crippen LogP contribution in [0.5, 0.6) is 0 Å². The van der Waals surface area contributed by atoms with Crippen LogP contribution in [0.25, 0.3) is 0 Å². The average Bonchev–Trinajstić information content (AvgIpc) is 2.46. The zero-order valence-electron chi connectivity index (χ0n) is 7.41. The Morgan fingerprint density at radius 1 is 1.69 bits per heavy atom. The Balaban J connectivity index is 2.41. The molecule has 3 nitrogen and oxygen atoms in total. The molecule has 1 aliphatic rings. The summed E-state index contributed by atoms with van der Waals surface area (Å²) in [5, 5.41) is 8.86. The molecule has 0 saturated heterocycles. The van der Waals surface area contributed by atoms with Crippen LogP contribution in [0.3, 0.4) is 0 Å². The molecule has 0 amide bonds. The largest absolute Gasteiger partial charge is 0.476 e. The fourth-order valence-corrected chi connectivity index (χ4v) is 2.64. The molecule has 4 heteroatoms. The van der Waals surface area contributed by atoms with Gasteiger partial charge in [0.2, 0.25) is 0 Å². The lowest BCUT2D eigenvalue weighted by Crippen LogP contribution is -2.12. The van der Waals surface area contributed by atoms with Gasteiger partial charge >= 0.3 is 5.97 Å². The van der Waals surface area contributed by atoms with Crippen molar-refractivity contribution >= 4 is 17.5 Å². The van der Waals surface area contributed by atoms with E-state index in [9.17, 15) is 4.79 Å². The summed E-state index contributed by atoms with van der Waals surface area (Å²) in [5.41, 5.74) is 1.27. The number of hydrogen-bond donors (Lipinski definition) is 1. The quantitative estimate of drug-likeness (QED) is 0.748. The molecule has 2 rings (SSSR count). The van der Waals surface area contributed by atoms with Crippen molar-refractivity contribution in [3.8, 4) is 0 Å². The molecule has 0 bridgehead atoms. The summed E-state index contributed by atoms with van der Waals surface area (Å²) in [7, 11) is 0. The van der Waals surface area contributed by atoms with E-state index >= 15 is 0 Å². The minimum atomic E-state index is -0.883. The first kappa shape index (κ1) is 8.69. The van der Waals surface area contributed by atoms with E-state index in [-0.39, 0.29) is 5.69 Å². The highest BCUT2D eigenvalue weighted by Gasteiger charge is 2.24. The number of aromatic carboxylic acids is 1. The van der Waals surface area contributed by atoms with Crippen LogP contribution in [0.4, 0.5) is 0 Å². The van der Waals surface area contributed by atoms with Crippen molar-refractivity contribution in [1.29, 1.82) is 0 Å². The number of rotatable bonds is 1. The summed E-state index contributed by atoms with van der Waals surface area (Å²) in [4.78, 5) is 12.0. The van der Waals surface area contributed by atoms with Gasteiger partial charge in [0.05, 0.1) is 0 Å². The van der Waals surface area contributed by atoms with Gasteiger partial charge in [0.15, 0.2) is 5.69 Å². The predicted molar refractivity (Wildman–Crippen MR) is 50.3 cm³/mol. The molecule has 0 aliphatic heterocycles. The maximum Gasteiger partial charge on any atom is 0.355 e. The number of nitrogens with zero attached hydrogens (tertiary/aromatic N) is 1. The van der Waals surface area contributed by atoms with Gasteiger partial charge in [-0.25, -0.2) is 4.79 Å². The molecule has 70 valence electrons. The van der Waals surface area contributed by atoms with Crippen LogP contribution in [0.15, 0.2) is 0 Å². The third-order valence-corrected chi connectivity index (χ3v) is 3.43. The van der Waals surface area contributed by atoms with Gasteiger partial charge in [-0.05, 0) is 36.7 Å². The summed E-state index contributed by atoms with van der Waals surface area (Å²) >= 11 is 1.35. The molecule has 0 aromatic carbocycles. The fourth-order valence-electron chi connectivity index (χ4n) is 1.75. The molecule has 1 aromatic rings. The van der Waals surface area contributed by atoms with Gasteiger partial charge < -0.3 is 5.11 Å². The molecule has 13 heavy (non-hydrogen) atoms. The van der Waals surface area contributed by atoms with Crippen LogP contribution >= 0.6 is 11.5 Å². The minimum Gasteiger partial charge on any atom is -0.476 e. The van der Waals surface area contributed by atoms with Crippen molar-refractivity contribution in [3.63, 3.8) is 0 Å². The monoisotopic (exact) mass is 197 g/mol. The van der Waals surface area contributed by atoms with E-state index in [4.69, 9.17) is 5.11 Å². The first-order valence-corrected chi connectivity index (χ1v) is 5.16. The summed E-state index contributed by atoms with van der Waals surface area (Å²) in [6.45, 7) is 2.16. The third kappa shape index (κ3) is 1.46. The standard InChI is InChI=1S/C9H11NO2S/c1-5-2-3-7-6(4-5)8(9(11)12)10-13-7/h5H,2-4H2,1H3,(H,11,12). The number of fused-ring (bicyclic) bond motifs is 1.